The van der Waals surface area contributed by atoms with Crippen molar-refractivity contribution in [1.82, 2.24) is 14.5 Å². The summed E-state index contributed by atoms with van der Waals surface area (Å²) in [7, 11) is 0. The van der Waals surface area contributed by atoms with Crippen molar-refractivity contribution >= 4 is 28.8 Å². The highest BCUT2D eigenvalue weighted by Gasteiger charge is 2.27. The van der Waals surface area contributed by atoms with Crippen LogP contribution in [0.5, 0.6) is 0 Å². The Labute approximate surface area is 148 Å². The molecule has 0 bridgehead atoms. The first kappa shape index (κ1) is 17.5. The zero-order valence-electron chi connectivity index (χ0n) is 15.0. The van der Waals surface area contributed by atoms with Gasteiger partial charge in [0, 0.05) is 32.5 Å². The maximum absolute atomic E-state index is 12.6. The fourth-order valence-electron chi connectivity index (χ4n) is 3.64. The van der Waals surface area contributed by atoms with Gasteiger partial charge in [-0.05, 0) is 37.8 Å². The van der Waals surface area contributed by atoms with Gasteiger partial charge < -0.3 is 9.47 Å². The van der Waals surface area contributed by atoms with Gasteiger partial charge in [0.25, 0.3) is 0 Å². The minimum absolute atomic E-state index is 0.00439. The lowest BCUT2D eigenvalue weighted by atomic mass is 9.99. The molecule has 0 spiro atoms. The molecule has 1 saturated heterocycles. The number of carbonyl (C=O) groups excluding carboxylic acids is 2. The predicted molar refractivity (Wildman–Crippen MR) is 98.3 cm³/mol. The second-order valence-electron chi connectivity index (χ2n) is 6.69. The standard InChI is InChI=1S/C19H26N4O2/c1-3-11-23-17-10-5-4-9-16(17)20-19(23)21-18(25)13-15-8-6-7-12-22(15)14(2)24/h4-5,9-10,15H,3,6-8,11-13H2,1-2H3,(H,20,21,25)/t15-/m0/s1. The van der Waals surface area contributed by atoms with E-state index in [1.807, 2.05) is 29.2 Å². The van der Waals surface area contributed by atoms with E-state index in [-0.39, 0.29) is 17.9 Å². The lowest BCUT2D eigenvalue weighted by Crippen LogP contribution is -2.44. The van der Waals surface area contributed by atoms with Crippen LogP contribution in [0.1, 0.15) is 46.0 Å². The number of nitrogens with one attached hydrogen (secondary N) is 1. The van der Waals surface area contributed by atoms with E-state index in [9.17, 15) is 9.59 Å². The van der Waals surface area contributed by atoms with Crippen LogP contribution in [0.2, 0.25) is 0 Å². The number of imidazole rings is 1. The van der Waals surface area contributed by atoms with Crippen molar-refractivity contribution in [3.63, 3.8) is 0 Å². The normalized spacial score (nSPS) is 17.7. The number of aryl methyl sites for hydroxylation is 1. The molecule has 25 heavy (non-hydrogen) atoms. The SMILES string of the molecule is CCCn1c(NC(=O)C[C@@H]2CCCCN2C(C)=O)nc2ccccc21. The van der Waals surface area contributed by atoms with Gasteiger partial charge in [0.05, 0.1) is 11.0 Å². The first-order valence-electron chi connectivity index (χ1n) is 9.12. The number of hydrogen-bond donors (Lipinski definition) is 1. The average molecular weight is 342 g/mol. The number of nitrogens with zero attached hydrogens (tertiary/aromatic N) is 3. The van der Waals surface area contributed by atoms with Gasteiger partial charge in [-0.1, -0.05) is 19.1 Å². The van der Waals surface area contributed by atoms with E-state index < -0.39 is 0 Å². The third-order valence-electron chi connectivity index (χ3n) is 4.81. The predicted octanol–water partition coefficient (Wildman–Crippen LogP) is 3.18. The Bertz CT molecular complexity index is 768. The lowest BCUT2D eigenvalue weighted by Gasteiger charge is -2.34. The quantitative estimate of drug-likeness (QED) is 0.907. The number of likely N-dealkylation sites (tertiary alicyclic amines) is 1. The van der Waals surface area contributed by atoms with Crippen LogP contribution in [-0.2, 0) is 16.1 Å². The van der Waals surface area contributed by atoms with Gasteiger partial charge in [-0.15, -0.1) is 0 Å². The summed E-state index contributed by atoms with van der Waals surface area (Å²) in [5.41, 5.74) is 1.91. The first-order chi connectivity index (χ1) is 12.1. The average Bonchev–Trinajstić information content (AvgIpc) is 2.93. The third kappa shape index (κ3) is 3.83. The Morgan fingerprint density at radius 3 is 2.84 bits per heavy atom. The van der Waals surface area contributed by atoms with E-state index in [1.165, 1.54) is 0 Å². The molecule has 1 aromatic heterocycles. The van der Waals surface area contributed by atoms with E-state index in [4.69, 9.17) is 0 Å². The molecule has 1 N–H and O–H groups in total. The smallest absolute Gasteiger partial charge is 0.228 e. The number of hydrogen-bond acceptors (Lipinski definition) is 3. The summed E-state index contributed by atoms with van der Waals surface area (Å²) in [5, 5.41) is 2.97. The van der Waals surface area contributed by atoms with Crippen LogP contribution in [0.4, 0.5) is 5.95 Å². The molecule has 134 valence electrons. The fraction of sp³-hybridized carbons (Fsp3) is 0.526. The van der Waals surface area contributed by atoms with Crippen LogP contribution in [0.25, 0.3) is 11.0 Å². The zero-order valence-corrected chi connectivity index (χ0v) is 15.0. The first-order valence-corrected chi connectivity index (χ1v) is 9.12. The van der Waals surface area contributed by atoms with Gasteiger partial charge in [-0.2, -0.15) is 0 Å². The summed E-state index contributed by atoms with van der Waals surface area (Å²) in [4.78, 5) is 30.8. The van der Waals surface area contributed by atoms with Crippen molar-refractivity contribution in [1.29, 1.82) is 0 Å². The van der Waals surface area contributed by atoms with Crippen LogP contribution in [-0.4, -0.2) is 38.9 Å². The van der Waals surface area contributed by atoms with Crippen LogP contribution >= 0.6 is 0 Å². The van der Waals surface area contributed by atoms with Crippen molar-refractivity contribution in [2.24, 2.45) is 0 Å². The van der Waals surface area contributed by atoms with Crippen molar-refractivity contribution in [2.45, 2.75) is 58.5 Å². The number of rotatable bonds is 5. The lowest BCUT2D eigenvalue weighted by molar-refractivity contribution is -0.133. The Morgan fingerprint density at radius 2 is 2.08 bits per heavy atom. The number of benzene rings is 1. The number of amides is 2. The molecule has 2 aromatic rings. The molecule has 0 unspecified atom stereocenters. The molecule has 1 aliphatic rings. The van der Waals surface area contributed by atoms with Crippen molar-refractivity contribution in [3.8, 4) is 0 Å². The molecule has 2 amide bonds. The largest absolute Gasteiger partial charge is 0.339 e. The van der Waals surface area contributed by atoms with Crippen LogP contribution in [0.3, 0.4) is 0 Å². The molecule has 0 aliphatic carbocycles. The summed E-state index contributed by atoms with van der Waals surface area (Å²) in [6.07, 6.45) is 4.26. The zero-order chi connectivity index (χ0) is 17.8. The molecule has 1 aromatic carbocycles. The molecule has 0 radical (unpaired) electrons. The highest BCUT2D eigenvalue weighted by molar-refractivity contribution is 5.92. The van der Waals surface area contributed by atoms with Gasteiger partial charge in [0.15, 0.2) is 0 Å². The van der Waals surface area contributed by atoms with E-state index >= 15 is 0 Å². The maximum atomic E-state index is 12.6. The maximum Gasteiger partial charge on any atom is 0.228 e. The van der Waals surface area contributed by atoms with E-state index in [0.29, 0.717) is 12.4 Å². The highest BCUT2D eigenvalue weighted by Crippen LogP contribution is 2.22. The Morgan fingerprint density at radius 1 is 1.28 bits per heavy atom. The summed E-state index contributed by atoms with van der Waals surface area (Å²) in [6.45, 7) is 5.24. The topological polar surface area (TPSA) is 67.2 Å². The number of fused-ring (bicyclic) bond motifs is 1. The number of anilines is 1. The van der Waals surface area contributed by atoms with Gasteiger partial charge in [-0.3, -0.25) is 14.9 Å². The number of carbonyl (C=O) groups is 2. The molecule has 1 atom stereocenters. The van der Waals surface area contributed by atoms with Gasteiger partial charge in [0.2, 0.25) is 17.8 Å². The molecule has 3 rings (SSSR count). The van der Waals surface area contributed by atoms with Crippen molar-refractivity contribution in [3.05, 3.63) is 24.3 Å². The third-order valence-corrected chi connectivity index (χ3v) is 4.81. The second kappa shape index (κ2) is 7.68. The minimum atomic E-state index is -0.0780. The molecule has 1 aliphatic heterocycles. The molecule has 0 saturated carbocycles. The molecule has 6 nitrogen and oxygen atoms in total. The second-order valence-corrected chi connectivity index (χ2v) is 6.69. The fourth-order valence-corrected chi connectivity index (χ4v) is 3.64. The van der Waals surface area contributed by atoms with E-state index in [0.717, 1.165) is 49.8 Å². The number of para-hydroxylation sites is 2. The van der Waals surface area contributed by atoms with Crippen molar-refractivity contribution < 1.29 is 9.59 Å². The monoisotopic (exact) mass is 342 g/mol. The Hall–Kier alpha value is -2.37. The van der Waals surface area contributed by atoms with Gasteiger partial charge in [0.1, 0.15) is 0 Å². The van der Waals surface area contributed by atoms with E-state index in [2.05, 4.69) is 21.8 Å². The van der Waals surface area contributed by atoms with E-state index in [1.54, 1.807) is 6.92 Å². The summed E-state index contributed by atoms with van der Waals surface area (Å²) >= 11 is 0. The Balaban J connectivity index is 1.75. The highest BCUT2D eigenvalue weighted by atomic mass is 16.2. The molecule has 6 heteroatoms. The minimum Gasteiger partial charge on any atom is -0.339 e. The Kier molecular flexibility index (Phi) is 5.36. The summed E-state index contributed by atoms with van der Waals surface area (Å²) in [5.74, 6) is 0.569. The van der Waals surface area contributed by atoms with Crippen LogP contribution < -0.4 is 5.32 Å². The molecule has 1 fully saturated rings. The van der Waals surface area contributed by atoms with Crippen LogP contribution in [0, 0.1) is 0 Å². The number of piperidine rings is 1. The van der Waals surface area contributed by atoms with Gasteiger partial charge >= 0.3 is 0 Å². The molecular formula is C19H26N4O2. The molecular weight excluding hydrogens is 316 g/mol. The van der Waals surface area contributed by atoms with Crippen LogP contribution in [0.15, 0.2) is 24.3 Å². The van der Waals surface area contributed by atoms with Gasteiger partial charge in [-0.25, -0.2) is 4.98 Å². The molecule has 2 heterocycles. The number of aromatic nitrogens is 2. The summed E-state index contributed by atoms with van der Waals surface area (Å²) in [6, 6.07) is 7.90. The van der Waals surface area contributed by atoms with Crippen molar-refractivity contribution in [2.75, 3.05) is 11.9 Å². The summed E-state index contributed by atoms with van der Waals surface area (Å²) < 4.78 is 2.05.